The van der Waals surface area contributed by atoms with E-state index in [2.05, 4.69) is 6.07 Å². The van der Waals surface area contributed by atoms with Gasteiger partial charge in [0.05, 0.1) is 29.7 Å². The molecular formula is C23H25N3O5S. The molecule has 0 unspecified atom stereocenters. The number of nitriles is 1. The number of hydrogen-bond acceptors (Lipinski definition) is 6. The summed E-state index contributed by atoms with van der Waals surface area (Å²) in [6.45, 7) is 1.54. The molecule has 0 aliphatic carbocycles. The van der Waals surface area contributed by atoms with Gasteiger partial charge in [0.2, 0.25) is 15.9 Å². The lowest BCUT2D eigenvalue weighted by Gasteiger charge is -2.32. The third-order valence-corrected chi connectivity index (χ3v) is 7.75. The molecule has 0 aromatic heterocycles. The highest BCUT2D eigenvalue weighted by Gasteiger charge is 2.34. The lowest BCUT2D eigenvalue weighted by Crippen LogP contribution is -2.43. The average Bonchev–Trinajstić information content (AvgIpc) is 3.08. The first-order valence-electron chi connectivity index (χ1n) is 10.6. The SMILES string of the molecule is CN(C(=O)C1CCN(S(=O)(=O)c2ccc3c(c2)OCCCO3)CC1)c1cccc(C#N)c1. The standard InChI is InChI=1S/C23H25N3O5S/c1-25(19-5-2-4-17(14-19)16-24)23(27)18-8-10-26(11-9-18)32(28,29)20-6-7-21-22(15-20)31-13-3-12-30-21/h2,4-7,14-15,18H,3,8-13H2,1H3. The molecule has 1 amide bonds. The first-order chi connectivity index (χ1) is 15.4. The zero-order chi connectivity index (χ0) is 22.7. The van der Waals surface area contributed by atoms with Gasteiger partial charge in [-0.3, -0.25) is 4.79 Å². The normalized spacial score (nSPS) is 17.2. The first kappa shape index (κ1) is 22.1. The van der Waals surface area contributed by atoms with Gasteiger partial charge in [-0.2, -0.15) is 9.57 Å². The molecule has 0 radical (unpaired) electrons. The van der Waals surface area contributed by atoms with E-state index in [1.807, 2.05) is 0 Å². The third kappa shape index (κ3) is 4.42. The van der Waals surface area contributed by atoms with Crippen LogP contribution in [0.25, 0.3) is 0 Å². The zero-order valence-corrected chi connectivity index (χ0v) is 18.7. The van der Waals surface area contributed by atoms with Crippen molar-refractivity contribution in [3.8, 4) is 17.6 Å². The second kappa shape index (κ2) is 9.18. The summed E-state index contributed by atoms with van der Waals surface area (Å²) in [5.41, 5.74) is 1.13. The Hall–Kier alpha value is -3.09. The number of anilines is 1. The van der Waals surface area contributed by atoms with Gasteiger partial charge in [-0.1, -0.05) is 6.07 Å². The molecule has 1 fully saturated rings. The summed E-state index contributed by atoms with van der Waals surface area (Å²) in [5.74, 6) is 0.637. The second-order valence-electron chi connectivity index (χ2n) is 7.90. The Kier molecular flexibility index (Phi) is 6.35. The van der Waals surface area contributed by atoms with Crippen LogP contribution in [0.15, 0.2) is 47.4 Å². The second-order valence-corrected chi connectivity index (χ2v) is 9.83. The van der Waals surface area contributed by atoms with E-state index in [0.717, 1.165) is 6.42 Å². The highest BCUT2D eigenvalue weighted by Crippen LogP contribution is 2.34. The number of nitrogens with zero attached hydrogens (tertiary/aromatic N) is 3. The number of ether oxygens (including phenoxy) is 2. The maximum atomic E-state index is 13.2. The summed E-state index contributed by atoms with van der Waals surface area (Å²) in [6.07, 6.45) is 1.61. The molecule has 0 atom stereocenters. The summed E-state index contributed by atoms with van der Waals surface area (Å²) in [6, 6.07) is 13.6. The molecule has 8 nitrogen and oxygen atoms in total. The number of sulfonamides is 1. The molecule has 4 rings (SSSR count). The van der Waals surface area contributed by atoms with Crippen molar-refractivity contribution in [2.45, 2.75) is 24.2 Å². The smallest absolute Gasteiger partial charge is 0.243 e. The Bertz CT molecular complexity index is 1150. The van der Waals surface area contributed by atoms with Crippen LogP contribution in [0, 0.1) is 17.2 Å². The van der Waals surface area contributed by atoms with E-state index in [-0.39, 0.29) is 29.8 Å². The van der Waals surface area contributed by atoms with Gasteiger partial charge >= 0.3 is 0 Å². The Morgan fingerprint density at radius 2 is 1.81 bits per heavy atom. The Morgan fingerprint density at radius 3 is 2.53 bits per heavy atom. The van der Waals surface area contributed by atoms with Crippen LogP contribution in [0.3, 0.4) is 0 Å². The number of carbonyl (C=O) groups is 1. The zero-order valence-electron chi connectivity index (χ0n) is 17.9. The van der Waals surface area contributed by atoms with E-state index >= 15 is 0 Å². The fourth-order valence-electron chi connectivity index (χ4n) is 3.98. The van der Waals surface area contributed by atoms with Crippen molar-refractivity contribution in [2.75, 3.05) is 38.3 Å². The first-order valence-corrected chi connectivity index (χ1v) is 12.0. The van der Waals surface area contributed by atoms with Gasteiger partial charge in [-0.15, -0.1) is 0 Å². The predicted molar refractivity (Wildman–Crippen MR) is 118 cm³/mol. The van der Waals surface area contributed by atoms with E-state index in [4.69, 9.17) is 14.7 Å². The van der Waals surface area contributed by atoms with Crippen molar-refractivity contribution < 1.29 is 22.7 Å². The van der Waals surface area contributed by atoms with Crippen molar-refractivity contribution in [3.05, 3.63) is 48.0 Å². The maximum Gasteiger partial charge on any atom is 0.243 e. The van der Waals surface area contributed by atoms with Crippen LogP contribution < -0.4 is 14.4 Å². The summed E-state index contributed by atoms with van der Waals surface area (Å²) >= 11 is 0. The molecule has 1 saturated heterocycles. The molecule has 0 saturated carbocycles. The monoisotopic (exact) mass is 455 g/mol. The van der Waals surface area contributed by atoms with Crippen LogP contribution in [0.4, 0.5) is 5.69 Å². The quantitative estimate of drug-likeness (QED) is 0.703. The fourth-order valence-corrected chi connectivity index (χ4v) is 5.47. The van der Waals surface area contributed by atoms with Gasteiger partial charge in [-0.25, -0.2) is 8.42 Å². The molecule has 2 aromatic rings. The third-order valence-electron chi connectivity index (χ3n) is 5.85. The summed E-state index contributed by atoms with van der Waals surface area (Å²) in [7, 11) is -2.02. The van der Waals surface area contributed by atoms with E-state index in [1.165, 1.54) is 16.4 Å². The molecule has 2 aromatic carbocycles. The molecule has 32 heavy (non-hydrogen) atoms. The highest BCUT2D eigenvalue weighted by atomic mass is 32.2. The van der Waals surface area contributed by atoms with Gasteiger partial charge in [0.25, 0.3) is 0 Å². The van der Waals surface area contributed by atoms with Crippen LogP contribution in [-0.4, -0.2) is 52.0 Å². The number of rotatable bonds is 4. The van der Waals surface area contributed by atoms with Crippen molar-refractivity contribution in [2.24, 2.45) is 5.92 Å². The van der Waals surface area contributed by atoms with Gasteiger partial charge in [0.1, 0.15) is 0 Å². The minimum absolute atomic E-state index is 0.0762. The van der Waals surface area contributed by atoms with Crippen LogP contribution in [-0.2, 0) is 14.8 Å². The molecule has 2 aliphatic heterocycles. The molecule has 9 heteroatoms. The van der Waals surface area contributed by atoms with E-state index in [9.17, 15) is 13.2 Å². The van der Waals surface area contributed by atoms with Crippen molar-refractivity contribution >= 4 is 21.6 Å². The molecule has 168 valence electrons. The number of piperidine rings is 1. The Labute approximate surface area is 188 Å². The lowest BCUT2D eigenvalue weighted by molar-refractivity contribution is -0.123. The fraction of sp³-hybridized carbons (Fsp3) is 0.391. The topological polar surface area (TPSA) is 99.9 Å². The Balaban J connectivity index is 1.43. The van der Waals surface area contributed by atoms with Gasteiger partial charge in [-0.05, 0) is 43.2 Å². The summed E-state index contributed by atoms with van der Waals surface area (Å²) in [4.78, 5) is 14.7. The largest absolute Gasteiger partial charge is 0.490 e. The van der Waals surface area contributed by atoms with Gasteiger partial charge in [0.15, 0.2) is 11.5 Å². The van der Waals surface area contributed by atoms with Crippen LogP contribution in [0.1, 0.15) is 24.8 Å². The summed E-state index contributed by atoms with van der Waals surface area (Å²) < 4.78 is 39.0. The number of amides is 1. The van der Waals surface area contributed by atoms with Crippen molar-refractivity contribution in [3.63, 3.8) is 0 Å². The maximum absolute atomic E-state index is 13.2. The number of fused-ring (bicyclic) bond motifs is 1. The van der Waals surface area contributed by atoms with Crippen molar-refractivity contribution in [1.29, 1.82) is 5.26 Å². The van der Waals surface area contributed by atoms with E-state index in [0.29, 0.717) is 48.8 Å². The molecule has 0 N–H and O–H groups in total. The van der Waals surface area contributed by atoms with Gasteiger partial charge in [0, 0.05) is 44.2 Å². The van der Waals surface area contributed by atoms with Crippen molar-refractivity contribution in [1.82, 2.24) is 4.31 Å². The molecule has 0 spiro atoms. The minimum atomic E-state index is -3.70. The number of benzene rings is 2. The minimum Gasteiger partial charge on any atom is -0.490 e. The number of hydrogen-bond donors (Lipinski definition) is 0. The Morgan fingerprint density at radius 1 is 1.09 bits per heavy atom. The summed E-state index contributed by atoms with van der Waals surface area (Å²) in [5, 5.41) is 9.08. The van der Waals surface area contributed by atoms with E-state index < -0.39 is 10.0 Å². The predicted octanol–water partition coefficient (Wildman–Crippen LogP) is 2.78. The van der Waals surface area contributed by atoms with Crippen LogP contribution in [0.5, 0.6) is 11.5 Å². The van der Waals surface area contributed by atoms with Crippen LogP contribution in [0.2, 0.25) is 0 Å². The average molecular weight is 456 g/mol. The molecule has 0 bridgehead atoms. The number of carbonyl (C=O) groups excluding carboxylic acids is 1. The highest BCUT2D eigenvalue weighted by molar-refractivity contribution is 7.89. The lowest BCUT2D eigenvalue weighted by atomic mass is 9.96. The van der Waals surface area contributed by atoms with Gasteiger partial charge < -0.3 is 14.4 Å². The van der Waals surface area contributed by atoms with Crippen LogP contribution >= 0.6 is 0 Å². The molecule has 2 aliphatic rings. The molecule has 2 heterocycles. The molecular weight excluding hydrogens is 430 g/mol. The van der Waals surface area contributed by atoms with E-state index in [1.54, 1.807) is 42.3 Å².